The van der Waals surface area contributed by atoms with Gasteiger partial charge in [0.25, 0.3) is 0 Å². The molecule has 27 heavy (non-hydrogen) atoms. The van der Waals surface area contributed by atoms with Gasteiger partial charge in [-0.15, -0.1) is 10.2 Å². The van der Waals surface area contributed by atoms with Crippen molar-refractivity contribution in [1.29, 1.82) is 0 Å². The predicted molar refractivity (Wildman–Crippen MR) is 105 cm³/mol. The smallest absolute Gasteiger partial charge is 0.220 e. The highest BCUT2D eigenvalue weighted by Crippen LogP contribution is 2.16. The zero-order valence-electron chi connectivity index (χ0n) is 16.6. The number of hydrogen-bond acceptors (Lipinski definition) is 4. The molecule has 0 unspecified atom stereocenters. The number of hydrogen-bond donors (Lipinski definition) is 1. The summed E-state index contributed by atoms with van der Waals surface area (Å²) < 4.78 is 4.01. The lowest BCUT2D eigenvalue weighted by molar-refractivity contribution is -0.121. The van der Waals surface area contributed by atoms with Crippen molar-refractivity contribution in [3.05, 3.63) is 47.2 Å². The van der Waals surface area contributed by atoms with E-state index < -0.39 is 0 Å². The number of pyridine rings is 1. The van der Waals surface area contributed by atoms with Gasteiger partial charge in [-0.2, -0.15) is 5.10 Å². The second kappa shape index (κ2) is 8.33. The van der Waals surface area contributed by atoms with Crippen LogP contribution in [0.5, 0.6) is 0 Å². The van der Waals surface area contributed by atoms with Crippen molar-refractivity contribution >= 4 is 11.6 Å². The Kier molecular flexibility index (Phi) is 5.88. The standard InChI is InChI=1S/C20H28N6O/c1-14(2)13-26-16(4)17(15(3)24-26)8-9-20(27)21-11-10-19-23-22-18-7-5-6-12-25(18)19/h5-7,12,14H,8-11,13H2,1-4H3,(H,21,27). The summed E-state index contributed by atoms with van der Waals surface area (Å²) in [5.74, 6) is 1.46. The van der Waals surface area contributed by atoms with Crippen molar-refractivity contribution in [2.75, 3.05) is 6.54 Å². The molecule has 0 saturated heterocycles. The Balaban J connectivity index is 1.49. The molecule has 7 heteroatoms. The van der Waals surface area contributed by atoms with E-state index in [9.17, 15) is 4.79 Å². The van der Waals surface area contributed by atoms with Gasteiger partial charge < -0.3 is 5.32 Å². The van der Waals surface area contributed by atoms with Gasteiger partial charge in [-0.3, -0.25) is 13.9 Å². The molecule has 3 rings (SSSR count). The quantitative estimate of drug-likeness (QED) is 0.663. The van der Waals surface area contributed by atoms with E-state index in [1.54, 1.807) is 0 Å². The van der Waals surface area contributed by atoms with Crippen molar-refractivity contribution in [3.8, 4) is 0 Å². The van der Waals surface area contributed by atoms with Crippen molar-refractivity contribution in [2.45, 2.75) is 53.5 Å². The normalized spacial score (nSPS) is 11.4. The zero-order valence-corrected chi connectivity index (χ0v) is 16.6. The van der Waals surface area contributed by atoms with Gasteiger partial charge in [0.05, 0.1) is 5.69 Å². The van der Waals surface area contributed by atoms with Gasteiger partial charge in [-0.25, -0.2) is 0 Å². The number of aryl methyl sites for hydroxylation is 1. The number of nitrogens with zero attached hydrogens (tertiary/aromatic N) is 5. The average molecular weight is 368 g/mol. The lowest BCUT2D eigenvalue weighted by Crippen LogP contribution is -2.26. The molecule has 3 aromatic rings. The van der Waals surface area contributed by atoms with Crippen LogP contribution >= 0.6 is 0 Å². The van der Waals surface area contributed by atoms with Crippen LogP contribution in [-0.4, -0.2) is 36.8 Å². The van der Waals surface area contributed by atoms with Gasteiger partial charge >= 0.3 is 0 Å². The summed E-state index contributed by atoms with van der Waals surface area (Å²) in [5, 5.41) is 15.9. The highest BCUT2D eigenvalue weighted by Gasteiger charge is 2.14. The average Bonchev–Trinajstić information content (AvgIpc) is 3.15. The fourth-order valence-electron chi connectivity index (χ4n) is 3.32. The fraction of sp³-hybridized carbons (Fsp3) is 0.500. The number of carbonyl (C=O) groups excluding carboxylic acids is 1. The lowest BCUT2D eigenvalue weighted by atomic mass is 10.1. The molecule has 1 amide bonds. The molecule has 0 saturated carbocycles. The van der Waals surface area contributed by atoms with E-state index in [1.165, 1.54) is 11.3 Å². The van der Waals surface area contributed by atoms with Crippen LogP contribution in [-0.2, 0) is 24.2 Å². The summed E-state index contributed by atoms with van der Waals surface area (Å²) >= 11 is 0. The highest BCUT2D eigenvalue weighted by molar-refractivity contribution is 5.76. The predicted octanol–water partition coefficient (Wildman–Crippen LogP) is 2.49. The topological polar surface area (TPSA) is 77.1 Å². The number of nitrogens with one attached hydrogen (secondary N) is 1. The van der Waals surface area contributed by atoms with Crippen molar-refractivity contribution in [2.24, 2.45) is 5.92 Å². The van der Waals surface area contributed by atoms with Gasteiger partial charge in [0.1, 0.15) is 5.82 Å². The number of carbonyl (C=O) groups is 1. The summed E-state index contributed by atoms with van der Waals surface area (Å²) in [5.41, 5.74) is 4.21. The summed E-state index contributed by atoms with van der Waals surface area (Å²) in [6.07, 6.45) is 3.78. The summed E-state index contributed by atoms with van der Waals surface area (Å²) in [4.78, 5) is 12.2. The molecule has 1 N–H and O–H groups in total. The molecule has 0 bridgehead atoms. The molecule has 3 heterocycles. The Morgan fingerprint density at radius 1 is 1.19 bits per heavy atom. The molecule has 7 nitrogen and oxygen atoms in total. The van der Waals surface area contributed by atoms with Crippen LogP contribution in [0.2, 0.25) is 0 Å². The van der Waals surface area contributed by atoms with Crippen LogP contribution < -0.4 is 5.32 Å². The van der Waals surface area contributed by atoms with E-state index in [4.69, 9.17) is 0 Å². The van der Waals surface area contributed by atoms with Crippen molar-refractivity contribution in [3.63, 3.8) is 0 Å². The third-order valence-electron chi connectivity index (χ3n) is 4.73. The Labute approximate surface area is 159 Å². The SMILES string of the molecule is Cc1nn(CC(C)C)c(C)c1CCC(=O)NCCc1nnc2ccccn12. The minimum absolute atomic E-state index is 0.0548. The van der Waals surface area contributed by atoms with E-state index in [1.807, 2.05) is 35.7 Å². The van der Waals surface area contributed by atoms with Crippen LogP contribution in [0.3, 0.4) is 0 Å². The van der Waals surface area contributed by atoms with Crippen LogP contribution in [0.1, 0.15) is 43.0 Å². The van der Waals surface area contributed by atoms with Crippen LogP contribution in [0, 0.1) is 19.8 Å². The van der Waals surface area contributed by atoms with Crippen LogP contribution in [0.15, 0.2) is 24.4 Å². The summed E-state index contributed by atoms with van der Waals surface area (Å²) in [6.45, 7) is 9.94. The Morgan fingerprint density at radius 3 is 2.78 bits per heavy atom. The van der Waals surface area contributed by atoms with E-state index in [0.717, 1.165) is 30.1 Å². The third-order valence-corrected chi connectivity index (χ3v) is 4.73. The Morgan fingerprint density at radius 2 is 2.00 bits per heavy atom. The first-order valence-electron chi connectivity index (χ1n) is 9.54. The largest absolute Gasteiger partial charge is 0.356 e. The van der Waals surface area contributed by atoms with Gasteiger partial charge in [-0.1, -0.05) is 19.9 Å². The van der Waals surface area contributed by atoms with Gasteiger partial charge in [-0.05, 0) is 43.9 Å². The molecule has 0 radical (unpaired) electrons. The van der Waals surface area contributed by atoms with E-state index >= 15 is 0 Å². The van der Waals surface area contributed by atoms with E-state index in [2.05, 4.69) is 46.1 Å². The van der Waals surface area contributed by atoms with E-state index in [0.29, 0.717) is 25.3 Å². The molecular weight excluding hydrogens is 340 g/mol. The third kappa shape index (κ3) is 4.53. The van der Waals surface area contributed by atoms with Gasteiger partial charge in [0.15, 0.2) is 5.65 Å². The first kappa shape index (κ1) is 19.1. The van der Waals surface area contributed by atoms with Gasteiger partial charge in [0, 0.05) is 37.8 Å². The first-order valence-corrected chi connectivity index (χ1v) is 9.54. The Hall–Kier alpha value is -2.70. The first-order chi connectivity index (χ1) is 13.0. The second-order valence-electron chi connectivity index (χ2n) is 7.37. The highest BCUT2D eigenvalue weighted by atomic mass is 16.1. The molecule has 0 aliphatic rings. The second-order valence-corrected chi connectivity index (χ2v) is 7.37. The van der Waals surface area contributed by atoms with Crippen LogP contribution in [0.4, 0.5) is 0 Å². The monoisotopic (exact) mass is 368 g/mol. The maximum Gasteiger partial charge on any atom is 0.220 e. The van der Waals surface area contributed by atoms with Crippen molar-refractivity contribution in [1.82, 2.24) is 29.7 Å². The number of rotatable bonds is 8. The summed E-state index contributed by atoms with van der Waals surface area (Å²) in [7, 11) is 0. The number of amides is 1. The molecule has 0 aliphatic carbocycles. The van der Waals surface area contributed by atoms with Gasteiger partial charge in [0.2, 0.25) is 5.91 Å². The van der Waals surface area contributed by atoms with Crippen molar-refractivity contribution < 1.29 is 4.79 Å². The molecule has 144 valence electrons. The minimum Gasteiger partial charge on any atom is -0.356 e. The summed E-state index contributed by atoms with van der Waals surface area (Å²) in [6, 6.07) is 5.80. The molecule has 0 fully saturated rings. The molecular formula is C20H28N6O. The molecule has 0 aromatic carbocycles. The maximum atomic E-state index is 12.2. The molecule has 0 aliphatic heterocycles. The number of fused-ring (bicyclic) bond motifs is 1. The van der Waals surface area contributed by atoms with E-state index in [-0.39, 0.29) is 5.91 Å². The Bertz CT molecular complexity index is 924. The molecule has 3 aromatic heterocycles. The fourth-order valence-corrected chi connectivity index (χ4v) is 3.32. The van der Waals surface area contributed by atoms with Crippen LogP contribution in [0.25, 0.3) is 5.65 Å². The molecule has 0 spiro atoms. The lowest BCUT2D eigenvalue weighted by Gasteiger charge is -2.08. The zero-order chi connectivity index (χ0) is 19.4. The molecule has 0 atom stereocenters. The number of aromatic nitrogens is 5. The maximum absolute atomic E-state index is 12.2. The minimum atomic E-state index is 0.0548.